The molecule has 0 amide bonds. The lowest BCUT2D eigenvalue weighted by molar-refractivity contribution is 0.221. The van der Waals surface area contributed by atoms with E-state index in [1.54, 1.807) is 14.2 Å². The van der Waals surface area contributed by atoms with Crippen LogP contribution in [0.2, 0.25) is 0 Å². The Labute approximate surface area is 77.8 Å². The summed E-state index contributed by atoms with van der Waals surface area (Å²) in [7, 11) is 3.29. The Hall–Kier alpha value is 0.620. The molecule has 0 saturated heterocycles. The molecule has 0 unspecified atom stereocenters. The number of rotatable bonds is 4. The van der Waals surface area contributed by atoms with Crippen LogP contribution in [0, 0.1) is 0 Å². The molecule has 0 N–H and O–H groups in total. The lowest BCUT2D eigenvalue weighted by Crippen LogP contribution is -1.94. The largest absolute Gasteiger partial charge is 0.379 e. The second-order valence-electron chi connectivity index (χ2n) is 1.68. The first-order chi connectivity index (χ1) is 4.72. The predicted molar refractivity (Wildman–Crippen MR) is 48.6 cm³/mol. The van der Waals surface area contributed by atoms with Gasteiger partial charge in [0, 0.05) is 23.2 Å². The van der Waals surface area contributed by atoms with Crippen LogP contribution in [0.5, 0.6) is 0 Å². The van der Waals surface area contributed by atoms with E-state index in [0.29, 0.717) is 13.2 Å². The van der Waals surface area contributed by atoms with Gasteiger partial charge < -0.3 is 9.47 Å². The van der Waals surface area contributed by atoms with Gasteiger partial charge in [0.1, 0.15) is 0 Å². The summed E-state index contributed by atoms with van der Waals surface area (Å²) in [5.74, 6) is 0. The summed E-state index contributed by atoms with van der Waals surface area (Å²) in [5.41, 5.74) is 0. The van der Waals surface area contributed by atoms with Crippen LogP contribution in [0.25, 0.3) is 0 Å². The van der Waals surface area contributed by atoms with Crippen LogP contribution in [0.3, 0.4) is 0 Å². The molecule has 0 aliphatic rings. The quantitative estimate of drug-likeness (QED) is 0.783. The van der Waals surface area contributed by atoms with Crippen molar-refractivity contribution in [3.05, 3.63) is 8.96 Å². The zero-order valence-corrected chi connectivity index (χ0v) is 9.16. The molecule has 0 heterocycles. The molecule has 0 rings (SSSR count). The van der Waals surface area contributed by atoms with Gasteiger partial charge in [-0.3, -0.25) is 0 Å². The van der Waals surface area contributed by atoms with Gasteiger partial charge in [-0.25, -0.2) is 0 Å². The third-order valence-corrected chi connectivity index (χ3v) is 2.78. The number of hydrogen-bond donors (Lipinski definition) is 0. The number of halogens is 2. The molecule has 0 aliphatic heterocycles. The highest BCUT2D eigenvalue weighted by Gasteiger charge is 1.98. The summed E-state index contributed by atoms with van der Waals surface area (Å²) in [5, 5.41) is 0. The first kappa shape index (κ1) is 10.6. The molecule has 0 aromatic carbocycles. The van der Waals surface area contributed by atoms with Gasteiger partial charge in [-0.15, -0.1) is 0 Å². The van der Waals surface area contributed by atoms with Crippen LogP contribution in [-0.2, 0) is 9.47 Å². The Bertz CT molecular complexity index is 109. The Kier molecular flexibility index (Phi) is 6.73. The maximum Gasteiger partial charge on any atom is 0.0786 e. The van der Waals surface area contributed by atoms with Crippen LogP contribution >= 0.6 is 31.9 Å². The van der Waals surface area contributed by atoms with Gasteiger partial charge in [0.25, 0.3) is 0 Å². The Morgan fingerprint density at radius 3 is 1.50 bits per heavy atom. The fraction of sp³-hybridized carbons (Fsp3) is 0.667. The third-order valence-electron chi connectivity index (χ3n) is 0.836. The molecule has 0 atom stereocenters. The Morgan fingerprint density at radius 1 is 1.00 bits per heavy atom. The molecule has 0 radical (unpaired) electrons. The maximum atomic E-state index is 4.88. The van der Waals surface area contributed by atoms with Crippen LogP contribution < -0.4 is 0 Å². The predicted octanol–water partition coefficient (Wildman–Crippen LogP) is 2.28. The summed E-state index contributed by atoms with van der Waals surface area (Å²) >= 11 is 6.66. The standard InChI is InChI=1S/C6H10Br2O2/c1-9-3-5(7)6(8)4-10-2/h3-4H2,1-2H3/b6-5-. The van der Waals surface area contributed by atoms with E-state index in [2.05, 4.69) is 31.9 Å². The zero-order chi connectivity index (χ0) is 7.98. The fourth-order valence-corrected chi connectivity index (χ4v) is 1.10. The van der Waals surface area contributed by atoms with Crippen molar-refractivity contribution in [1.29, 1.82) is 0 Å². The van der Waals surface area contributed by atoms with E-state index < -0.39 is 0 Å². The van der Waals surface area contributed by atoms with Gasteiger partial charge in [0.2, 0.25) is 0 Å². The normalized spacial score (nSPS) is 13.2. The van der Waals surface area contributed by atoms with Crippen molar-refractivity contribution in [2.75, 3.05) is 27.4 Å². The molecule has 10 heavy (non-hydrogen) atoms. The van der Waals surface area contributed by atoms with Gasteiger partial charge in [0.05, 0.1) is 13.2 Å². The van der Waals surface area contributed by atoms with Crippen molar-refractivity contribution in [2.45, 2.75) is 0 Å². The topological polar surface area (TPSA) is 18.5 Å². The number of methoxy groups -OCH3 is 2. The molecule has 0 spiro atoms. The van der Waals surface area contributed by atoms with Crippen LogP contribution in [-0.4, -0.2) is 27.4 Å². The van der Waals surface area contributed by atoms with Gasteiger partial charge in [-0.05, 0) is 0 Å². The van der Waals surface area contributed by atoms with Gasteiger partial charge in [-0.2, -0.15) is 0 Å². The molecule has 0 saturated carbocycles. The third kappa shape index (κ3) is 4.44. The van der Waals surface area contributed by atoms with E-state index in [1.165, 1.54) is 0 Å². The van der Waals surface area contributed by atoms with Crippen molar-refractivity contribution in [1.82, 2.24) is 0 Å². The SMILES string of the molecule is COC/C(Br)=C(/Br)COC. The zero-order valence-electron chi connectivity index (χ0n) is 5.99. The maximum absolute atomic E-state index is 4.88. The van der Waals surface area contributed by atoms with Crippen molar-refractivity contribution in [2.24, 2.45) is 0 Å². The molecule has 4 heteroatoms. The summed E-state index contributed by atoms with van der Waals surface area (Å²) in [6.45, 7) is 1.15. The van der Waals surface area contributed by atoms with E-state index in [4.69, 9.17) is 9.47 Å². The van der Waals surface area contributed by atoms with Crippen LogP contribution in [0.4, 0.5) is 0 Å². The van der Waals surface area contributed by atoms with Gasteiger partial charge in [0.15, 0.2) is 0 Å². The van der Waals surface area contributed by atoms with Crippen molar-refractivity contribution < 1.29 is 9.47 Å². The van der Waals surface area contributed by atoms with E-state index in [0.717, 1.165) is 8.96 Å². The van der Waals surface area contributed by atoms with Crippen LogP contribution in [0.1, 0.15) is 0 Å². The van der Waals surface area contributed by atoms with Gasteiger partial charge >= 0.3 is 0 Å². The monoisotopic (exact) mass is 272 g/mol. The first-order valence-corrected chi connectivity index (χ1v) is 4.31. The molecule has 0 aliphatic carbocycles. The van der Waals surface area contributed by atoms with Gasteiger partial charge in [-0.1, -0.05) is 31.9 Å². The molecule has 60 valence electrons. The highest BCUT2D eigenvalue weighted by molar-refractivity contribution is 9.14. The lowest BCUT2D eigenvalue weighted by atomic mass is 10.5. The highest BCUT2D eigenvalue weighted by atomic mass is 79.9. The summed E-state index contributed by atoms with van der Waals surface area (Å²) in [6, 6.07) is 0. The average molecular weight is 274 g/mol. The molecular formula is C6H10Br2O2. The second kappa shape index (κ2) is 6.34. The highest BCUT2D eigenvalue weighted by Crippen LogP contribution is 2.17. The van der Waals surface area contributed by atoms with Crippen LogP contribution in [0.15, 0.2) is 8.96 Å². The summed E-state index contributed by atoms with van der Waals surface area (Å²) in [4.78, 5) is 0. The van der Waals surface area contributed by atoms with Crippen molar-refractivity contribution in [3.63, 3.8) is 0 Å². The Balaban J connectivity index is 3.79. The molecule has 0 fully saturated rings. The molecule has 2 nitrogen and oxygen atoms in total. The van der Waals surface area contributed by atoms with E-state index in [9.17, 15) is 0 Å². The lowest BCUT2D eigenvalue weighted by Gasteiger charge is -2.01. The van der Waals surface area contributed by atoms with Crippen molar-refractivity contribution in [3.8, 4) is 0 Å². The van der Waals surface area contributed by atoms with E-state index in [-0.39, 0.29) is 0 Å². The summed E-state index contributed by atoms with van der Waals surface area (Å²) < 4.78 is 11.7. The minimum absolute atomic E-state index is 0.573. The van der Waals surface area contributed by atoms with E-state index in [1.807, 2.05) is 0 Å². The minimum Gasteiger partial charge on any atom is -0.379 e. The number of ether oxygens (including phenoxy) is 2. The second-order valence-corrected chi connectivity index (χ2v) is 3.59. The number of hydrogen-bond acceptors (Lipinski definition) is 2. The first-order valence-electron chi connectivity index (χ1n) is 2.73. The molecule has 0 aromatic rings. The van der Waals surface area contributed by atoms with Crippen molar-refractivity contribution >= 4 is 31.9 Å². The Morgan fingerprint density at radius 2 is 1.30 bits per heavy atom. The summed E-state index contributed by atoms with van der Waals surface area (Å²) in [6.07, 6.45) is 0. The average Bonchev–Trinajstić information content (AvgIpc) is 1.89. The smallest absolute Gasteiger partial charge is 0.0786 e. The molecular weight excluding hydrogens is 264 g/mol. The van der Waals surface area contributed by atoms with E-state index >= 15 is 0 Å². The molecule has 0 aromatic heterocycles. The molecule has 0 bridgehead atoms. The fourth-order valence-electron chi connectivity index (χ4n) is 0.410. The minimum atomic E-state index is 0.573.